The standard InChI is InChI=1S/C21H17FN4O2/c1-12-18-19(17(10-23)20(24)28-21(18)26-25-12)14-4-8-16(9-5-14)27-11-13-2-6-15(22)7-3-13/h2-9,19H,11,24H2,1H3,(H,25,26)/t19-/m1/s1. The second kappa shape index (κ2) is 7.08. The van der Waals surface area contributed by atoms with Gasteiger partial charge in [-0.2, -0.15) is 5.26 Å². The summed E-state index contributed by atoms with van der Waals surface area (Å²) in [6, 6.07) is 15.7. The molecule has 140 valence electrons. The number of aromatic nitrogens is 2. The van der Waals surface area contributed by atoms with Gasteiger partial charge in [0.2, 0.25) is 11.8 Å². The maximum atomic E-state index is 13.0. The van der Waals surface area contributed by atoms with Crippen LogP contribution >= 0.6 is 0 Å². The van der Waals surface area contributed by atoms with Crippen LogP contribution in [-0.2, 0) is 6.61 Å². The van der Waals surface area contributed by atoms with Gasteiger partial charge >= 0.3 is 0 Å². The molecular formula is C21H17FN4O2. The van der Waals surface area contributed by atoms with Crippen LogP contribution in [0.3, 0.4) is 0 Å². The van der Waals surface area contributed by atoms with Gasteiger partial charge in [-0.3, -0.25) is 5.10 Å². The third kappa shape index (κ3) is 3.16. The summed E-state index contributed by atoms with van der Waals surface area (Å²) in [5, 5.41) is 16.6. The number of benzene rings is 2. The molecule has 0 saturated heterocycles. The van der Waals surface area contributed by atoms with Crippen molar-refractivity contribution in [1.82, 2.24) is 10.2 Å². The number of H-pyrrole nitrogens is 1. The monoisotopic (exact) mass is 376 g/mol. The molecule has 3 aromatic rings. The van der Waals surface area contributed by atoms with Crippen molar-refractivity contribution in [3.05, 3.63) is 88.2 Å². The molecule has 0 fully saturated rings. The minimum absolute atomic E-state index is 0.0585. The Hall–Kier alpha value is -3.79. The van der Waals surface area contributed by atoms with E-state index in [1.807, 2.05) is 31.2 Å². The second-order valence-corrected chi connectivity index (χ2v) is 6.48. The van der Waals surface area contributed by atoms with Crippen LogP contribution in [0.25, 0.3) is 0 Å². The first kappa shape index (κ1) is 17.6. The predicted octanol–water partition coefficient (Wildman–Crippen LogP) is 3.65. The highest BCUT2D eigenvalue weighted by atomic mass is 19.1. The quantitative estimate of drug-likeness (QED) is 0.724. The number of aryl methyl sites for hydroxylation is 1. The van der Waals surface area contributed by atoms with E-state index in [9.17, 15) is 9.65 Å². The zero-order chi connectivity index (χ0) is 19.7. The molecule has 0 saturated carbocycles. The van der Waals surface area contributed by atoms with Crippen molar-refractivity contribution in [2.24, 2.45) is 5.73 Å². The maximum Gasteiger partial charge on any atom is 0.244 e. The molecule has 2 aromatic carbocycles. The van der Waals surface area contributed by atoms with Gasteiger partial charge in [0.15, 0.2) is 0 Å². The van der Waals surface area contributed by atoms with Crippen LogP contribution < -0.4 is 15.2 Å². The van der Waals surface area contributed by atoms with Gasteiger partial charge in [0.25, 0.3) is 0 Å². The largest absolute Gasteiger partial charge is 0.489 e. The molecule has 0 unspecified atom stereocenters. The van der Waals surface area contributed by atoms with Gasteiger partial charge in [0.1, 0.15) is 29.8 Å². The number of nitrogens with zero attached hydrogens (tertiary/aromatic N) is 2. The van der Waals surface area contributed by atoms with E-state index in [0.29, 0.717) is 23.8 Å². The molecule has 0 amide bonds. The average molecular weight is 376 g/mol. The van der Waals surface area contributed by atoms with E-state index in [1.54, 1.807) is 12.1 Å². The van der Waals surface area contributed by atoms with Gasteiger partial charge in [-0.15, -0.1) is 5.10 Å². The number of nitriles is 1. The second-order valence-electron chi connectivity index (χ2n) is 6.48. The number of halogens is 1. The number of aromatic amines is 1. The molecule has 1 aliphatic rings. The lowest BCUT2D eigenvalue weighted by Gasteiger charge is -2.23. The van der Waals surface area contributed by atoms with Crippen LogP contribution in [0.4, 0.5) is 4.39 Å². The molecule has 4 rings (SSSR count). The van der Waals surface area contributed by atoms with E-state index in [0.717, 1.165) is 22.4 Å². The lowest BCUT2D eigenvalue weighted by Crippen LogP contribution is -2.21. The molecular weight excluding hydrogens is 359 g/mol. The van der Waals surface area contributed by atoms with E-state index in [4.69, 9.17) is 15.2 Å². The van der Waals surface area contributed by atoms with E-state index >= 15 is 0 Å². The topological polar surface area (TPSA) is 97.0 Å². The van der Waals surface area contributed by atoms with Crippen molar-refractivity contribution < 1.29 is 13.9 Å². The van der Waals surface area contributed by atoms with Crippen molar-refractivity contribution in [3.8, 4) is 17.7 Å². The molecule has 2 heterocycles. The summed E-state index contributed by atoms with van der Waals surface area (Å²) in [7, 11) is 0. The Balaban J connectivity index is 1.58. The zero-order valence-electron chi connectivity index (χ0n) is 15.1. The molecule has 1 aromatic heterocycles. The minimum Gasteiger partial charge on any atom is -0.489 e. The number of fused-ring (bicyclic) bond motifs is 1. The van der Waals surface area contributed by atoms with Gasteiger partial charge < -0.3 is 15.2 Å². The highest BCUT2D eigenvalue weighted by molar-refractivity contribution is 5.55. The van der Waals surface area contributed by atoms with E-state index in [-0.39, 0.29) is 17.6 Å². The fourth-order valence-corrected chi connectivity index (χ4v) is 3.24. The number of nitrogens with two attached hydrogens (primary N) is 1. The van der Waals surface area contributed by atoms with Crippen LogP contribution in [0.1, 0.15) is 28.3 Å². The molecule has 0 bridgehead atoms. The van der Waals surface area contributed by atoms with Crippen LogP contribution in [0, 0.1) is 24.1 Å². The van der Waals surface area contributed by atoms with Crippen molar-refractivity contribution >= 4 is 0 Å². The minimum atomic E-state index is -0.362. The molecule has 0 spiro atoms. The Morgan fingerprint density at radius 3 is 2.61 bits per heavy atom. The lowest BCUT2D eigenvalue weighted by atomic mass is 9.84. The smallest absolute Gasteiger partial charge is 0.244 e. The summed E-state index contributed by atoms with van der Waals surface area (Å²) in [5.74, 6) is 0.469. The maximum absolute atomic E-state index is 13.0. The Morgan fingerprint density at radius 1 is 1.21 bits per heavy atom. The summed E-state index contributed by atoms with van der Waals surface area (Å²) in [4.78, 5) is 0. The van der Waals surface area contributed by atoms with Crippen LogP contribution in [0.15, 0.2) is 60.0 Å². The third-order valence-corrected chi connectivity index (χ3v) is 4.66. The Kier molecular flexibility index (Phi) is 4.45. The first-order chi connectivity index (χ1) is 13.6. The molecule has 0 radical (unpaired) electrons. The summed E-state index contributed by atoms with van der Waals surface area (Å²) in [6.45, 7) is 2.21. The number of hydrogen-bond acceptors (Lipinski definition) is 5. The van der Waals surface area contributed by atoms with Crippen LogP contribution in [-0.4, -0.2) is 10.2 Å². The number of allylic oxidation sites excluding steroid dienone is 1. The highest BCUT2D eigenvalue weighted by Crippen LogP contribution is 2.42. The van der Waals surface area contributed by atoms with Crippen molar-refractivity contribution in [2.75, 3.05) is 0 Å². The lowest BCUT2D eigenvalue weighted by molar-refractivity contribution is 0.306. The average Bonchev–Trinajstić information content (AvgIpc) is 3.07. The fourth-order valence-electron chi connectivity index (χ4n) is 3.24. The normalized spacial score (nSPS) is 15.5. The van der Waals surface area contributed by atoms with Gasteiger partial charge in [-0.25, -0.2) is 4.39 Å². The SMILES string of the molecule is Cc1[nH]nc2c1[C@H](c1ccc(OCc3ccc(F)cc3)cc1)C(C#N)=C(N)O2. The van der Waals surface area contributed by atoms with Gasteiger partial charge in [-0.05, 0) is 42.3 Å². The van der Waals surface area contributed by atoms with E-state index < -0.39 is 0 Å². The Bertz CT molecular complexity index is 1080. The number of ether oxygens (including phenoxy) is 2. The third-order valence-electron chi connectivity index (χ3n) is 4.66. The van der Waals surface area contributed by atoms with Gasteiger partial charge in [0, 0.05) is 11.3 Å². The number of nitrogens with one attached hydrogen (secondary N) is 1. The van der Waals surface area contributed by atoms with Gasteiger partial charge in [0.05, 0.1) is 5.92 Å². The Morgan fingerprint density at radius 2 is 1.93 bits per heavy atom. The highest BCUT2D eigenvalue weighted by Gasteiger charge is 2.34. The molecule has 7 heteroatoms. The summed E-state index contributed by atoms with van der Waals surface area (Å²) < 4.78 is 24.2. The Labute approximate surface area is 161 Å². The van der Waals surface area contributed by atoms with E-state index in [2.05, 4.69) is 16.3 Å². The number of rotatable bonds is 4. The summed E-state index contributed by atoms with van der Waals surface area (Å²) in [5.41, 5.74) is 9.63. The van der Waals surface area contributed by atoms with Crippen molar-refractivity contribution in [2.45, 2.75) is 19.4 Å². The molecule has 3 N–H and O–H groups in total. The zero-order valence-corrected chi connectivity index (χ0v) is 15.1. The summed E-state index contributed by atoms with van der Waals surface area (Å²) >= 11 is 0. The van der Waals surface area contributed by atoms with Crippen molar-refractivity contribution in [3.63, 3.8) is 0 Å². The number of hydrogen-bond donors (Lipinski definition) is 2. The first-order valence-electron chi connectivity index (χ1n) is 8.66. The van der Waals surface area contributed by atoms with Crippen LogP contribution in [0.5, 0.6) is 11.6 Å². The first-order valence-corrected chi connectivity index (χ1v) is 8.66. The predicted molar refractivity (Wildman–Crippen MR) is 99.8 cm³/mol. The van der Waals surface area contributed by atoms with Gasteiger partial charge in [-0.1, -0.05) is 24.3 Å². The van der Waals surface area contributed by atoms with E-state index in [1.165, 1.54) is 12.1 Å². The fraction of sp³-hybridized carbons (Fsp3) is 0.143. The summed E-state index contributed by atoms with van der Waals surface area (Å²) in [6.07, 6.45) is 0. The van der Waals surface area contributed by atoms with Crippen molar-refractivity contribution in [1.29, 1.82) is 5.26 Å². The molecule has 1 atom stereocenters. The molecule has 0 aliphatic carbocycles. The molecule has 6 nitrogen and oxygen atoms in total. The molecule has 28 heavy (non-hydrogen) atoms. The molecule has 1 aliphatic heterocycles. The van der Waals surface area contributed by atoms with Crippen LogP contribution in [0.2, 0.25) is 0 Å².